The summed E-state index contributed by atoms with van der Waals surface area (Å²) in [5.41, 5.74) is 3.53. The second-order valence-electron chi connectivity index (χ2n) is 8.12. The number of carbonyl (C=O) groups excluding carboxylic acids is 1. The number of aromatic nitrogens is 2. The Morgan fingerprint density at radius 1 is 1.00 bits per heavy atom. The number of benzene rings is 2. The smallest absolute Gasteiger partial charge is 0.344 e. The number of aliphatic imine (C=N–C) groups is 2. The molecule has 162 valence electrons. The molecule has 6 heteroatoms. The summed E-state index contributed by atoms with van der Waals surface area (Å²) in [5, 5.41) is 4.86. The molecule has 1 aliphatic carbocycles. The molecule has 1 saturated carbocycles. The minimum Gasteiger partial charge on any atom is -0.462 e. The maximum absolute atomic E-state index is 13.0. The van der Waals surface area contributed by atoms with Crippen LogP contribution in [0.1, 0.15) is 54.9 Å². The van der Waals surface area contributed by atoms with E-state index in [-0.39, 0.29) is 12.6 Å². The molecule has 0 amide bonds. The summed E-state index contributed by atoms with van der Waals surface area (Å²) in [5.74, 6) is 0.796. The molecule has 2 aromatic carbocycles. The molecule has 1 aromatic heterocycles. The van der Waals surface area contributed by atoms with E-state index in [2.05, 4.69) is 0 Å². The lowest BCUT2D eigenvalue weighted by atomic mass is 9.96. The molecule has 0 spiro atoms. The van der Waals surface area contributed by atoms with Crippen molar-refractivity contribution in [3.8, 4) is 11.3 Å². The van der Waals surface area contributed by atoms with Gasteiger partial charge in [0.05, 0.1) is 12.6 Å². The molecular formula is C26H26N4O2. The maximum atomic E-state index is 13.0. The summed E-state index contributed by atoms with van der Waals surface area (Å²) < 4.78 is 7.14. The number of fused-ring (bicyclic) bond motifs is 1. The van der Waals surface area contributed by atoms with E-state index >= 15 is 0 Å². The van der Waals surface area contributed by atoms with Crippen molar-refractivity contribution in [2.24, 2.45) is 9.98 Å². The second kappa shape index (κ2) is 8.91. The van der Waals surface area contributed by atoms with Crippen molar-refractivity contribution >= 4 is 23.3 Å². The molecule has 0 saturated heterocycles. The van der Waals surface area contributed by atoms with Gasteiger partial charge in [-0.1, -0.05) is 79.9 Å². The predicted molar refractivity (Wildman–Crippen MR) is 126 cm³/mol. The molecule has 2 aliphatic rings. The quantitative estimate of drug-likeness (QED) is 0.510. The minimum atomic E-state index is -0.414. The fraction of sp³-hybridized carbons (Fsp3) is 0.308. The maximum Gasteiger partial charge on any atom is 0.344 e. The van der Waals surface area contributed by atoms with Crippen LogP contribution < -0.4 is 0 Å². The summed E-state index contributed by atoms with van der Waals surface area (Å²) in [7, 11) is 0. The fourth-order valence-corrected chi connectivity index (χ4v) is 4.39. The Kier molecular flexibility index (Phi) is 5.67. The van der Waals surface area contributed by atoms with Gasteiger partial charge in [0.2, 0.25) is 0 Å². The van der Waals surface area contributed by atoms with Crippen molar-refractivity contribution in [3.05, 3.63) is 71.8 Å². The van der Waals surface area contributed by atoms with E-state index < -0.39 is 5.97 Å². The van der Waals surface area contributed by atoms with Crippen molar-refractivity contribution in [1.29, 1.82) is 0 Å². The molecular weight excluding hydrogens is 400 g/mol. The fourth-order valence-electron chi connectivity index (χ4n) is 4.39. The monoisotopic (exact) mass is 426 g/mol. The first kappa shape index (κ1) is 20.4. The number of hydrogen-bond donors (Lipinski definition) is 0. The molecule has 5 rings (SSSR count). The first-order chi connectivity index (χ1) is 15.8. The van der Waals surface area contributed by atoms with Gasteiger partial charge in [-0.3, -0.25) is 4.99 Å². The van der Waals surface area contributed by atoms with Gasteiger partial charge in [-0.2, -0.15) is 9.78 Å². The highest BCUT2D eigenvalue weighted by Crippen LogP contribution is 2.36. The van der Waals surface area contributed by atoms with Gasteiger partial charge in [0.15, 0.2) is 11.7 Å². The minimum absolute atomic E-state index is 0.244. The van der Waals surface area contributed by atoms with Crippen molar-refractivity contribution < 1.29 is 9.53 Å². The summed E-state index contributed by atoms with van der Waals surface area (Å²) >= 11 is 0. The van der Waals surface area contributed by atoms with Gasteiger partial charge < -0.3 is 4.74 Å². The Hall–Kier alpha value is -3.54. The lowest BCUT2D eigenvalue weighted by Crippen LogP contribution is -2.24. The number of nitrogens with zero attached hydrogens (tertiary/aromatic N) is 4. The zero-order valence-electron chi connectivity index (χ0n) is 18.2. The first-order valence-corrected chi connectivity index (χ1v) is 11.3. The third-order valence-corrected chi connectivity index (χ3v) is 5.94. The van der Waals surface area contributed by atoms with Crippen LogP contribution in [0.3, 0.4) is 0 Å². The van der Waals surface area contributed by atoms with Crippen molar-refractivity contribution in [1.82, 2.24) is 9.78 Å². The van der Waals surface area contributed by atoms with E-state index in [0.717, 1.165) is 29.7 Å². The number of ether oxygens (including phenoxy) is 1. The van der Waals surface area contributed by atoms with Crippen LogP contribution in [0.15, 0.2) is 70.6 Å². The second-order valence-corrected chi connectivity index (χ2v) is 8.12. The molecule has 1 fully saturated rings. The summed E-state index contributed by atoms with van der Waals surface area (Å²) in [6.07, 6.45) is 5.78. The van der Waals surface area contributed by atoms with E-state index in [1.807, 2.05) is 60.7 Å². The molecule has 32 heavy (non-hydrogen) atoms. The van der Waals surface area contributed by atoms with Crippen LogP contribution in [-0.2, 0) is 4.74 Å². The Bertz CT molecular complexity index is 1170. The lowest BCUT2D eigenvalue weighted by molar-refractivity contribution is 0.0528. The predicted octanol–water partition coefficient (Wildman–Crippen LogP) is 5.44. The summed E-state index contributed by atoms with van der Waals surface area (Å²) in [6, 6.07) is 19.9. The SMILES string of the molecule is CCOC(=O)c1c(-c2ccccc2)nn2c1N=C(c1ccccc1)C2=NC1CCCCC1. The van der Waals surface area contributed by atoms with Crippen LogP contribution in [-0.4, -0.2) is 39.9 Å². The van der Waals surface area contributed by atoms with Gasteiger partial charge >= 0.3 is 5.97 Å². The van der Waals surface area contributed by atoms with E-state index in [0.29, 0.717) is 22.9 Å². The zero-order valence-corrected chi connectivity index (χ0v) is 18.2. The molecule has 1 aliphatic heterocycles. The third-order valence-electron chi connectivity index (χ3n) is 5.94. The van der Waals surface area contributed by atoms with E-state index in [4.69, 9.17) is 19.8 Å². The van der Waals surface area contributed by atoms with Gasteiger partial charge in [0.25, 0.3) is 0 Å². The van der Waals surface area contributed by atoms with Crippen molar-refractivity contribution in [2.75, 3.05) is 6.61 Å². The average molecular weight is 427 g/mol. The number of rotatable bonds is 5. The normalized spacial score (nSPS) is 17.3. The van der Waals surface area contributed by atoms with Crippen LogP contribution in [0.2, 0.25) is 0 Å². The first-order valence-electron chi connectivity index (χ1n) is 11.3. The molecule has 0 radical (unpaired) electrons. The molecule has 3 aromatic rings. The third kappa shape index (κ3) is 3.77. The van der Waals surface area contributed by atoms with Crippen LogP contribution in [0.25, 0.3) is 11.3 Å². The molecule has 0 bridgehead atoms. The van der Waals surface area contributed by atoms with Gasteiger partial charge in [0, 0.05) is 11.1 Å². The van der Waals surface area contributed by atoms with Crippen LogP contribution in [0, 0.1) is 0 Å². The average Bonchev–Trinajstić information content (AvgIpc) is 3.38. The zero-order chi connectivity index (χ0) is 21.9. The summed E-state index contributed by atoms with van der Waals surface area (Å²) in [4.78, 5) is 23.0. The van der Waals surface area contributed by atoms with E-state index in [1.165, 1.54) is 19.3 Å². The van der Waals surface area contributed by atoms with Crippen LogP contribution in [0.5, 0.6) is 0 Å². The Morgan fingerprint density at radius 2 is 1.66 bits per heavy atom. The molecule has 0 atom stereocenters. The van der Waals surface area contributed by atoms with Crippen molar-refractivity contribution in [3.63, 3.8) is 0 Å². The van der Waals surface area contributed by atoms with Crippen molar-refractivity contribution in [2.45, 2.75) is 45.1 Å². The number of carbonyl (C=O) groups is 1. The molecule has 6 nitrogen and oxygen atoms in total. The highest BCUT2D eigenvalue weighted by molar-refractivity contribution is 6.50. The van der Waals surface area contributed by atoms with Gasteiger partial charge in [-0.05, 0) is 19.8 Å². The topological polar surface area (TPSA) is 68.8 Å². The van der Waals surface area contributed by atoms with Gasteiger partial charge in [-0.25, -0.2) is 9.79 Å². The van der Waals surface area contributed by atoms with E-state index in [9.17, 15) is 4.79 Å². The van der Waals surface area contributed by atoms with Gasteiger partial charge in [0.1, 0.15) is 17.0 Å². The molecule has 0 unspecified atom stereocenters. The highest BCUT2D eigenvalue weighted by Gasteiger charge is 2.34. The lowest BCUT2D eigenvalue weighted by Gasteiger charge is -2.18. The Balaban J connectivity index is 1.70. The largest absolute Gasteiger partial charge is 0.462 e. The number of esters is 1. The molecule has 0 N–H and O–H groups in total. The highest BCUT2D eigenvalue weighted by atomic mass is 16.5. The van der Waals surface area contributed by atoms with E-state index in [1.54, 1.807) is 11.6 Å². The Labute approximate surface area is 187 Å². The standard InChI is InChI=1S/C26H26N4O2/c1-2-32-26(31)21-22(18-12-6-3-7-13-18)29-30-24(21)28-23(19-14-8-4-9-15-19)25(30)27-20-16-10-5-11-17-20/h3-4,6-9,12-15,20H,2,5,10-11,16-17H2,1H3. The summed E-state index contributed by atoms with van der Waals surface area (Å²) in [6.45, 7) is 2.09. The van der Waals surface area contributed by atoms with Crippen LogP contribution in [0.4, 0.5) is 5.82 Å². The molecule has 2 heterocycles. The van der Waals surface area contributed by atoms with Crippen LogP contribution >= 0.6 is 0 Å². The van der Waals surface area contributed by atoms with Gasteiger partial charge in [-0.15, -0.1) is 0 Å². The Morgan fingerprint density at radius 3 is 2.31 bits per heavy atom. The number of hydrogen-bond acceptors (Lipinski definition) is 5.